The molecule has 0 aromatic heterocycles. The molecule has 28 heavy (non-hydrogen) atoms. The first-order chi connectivity index (χ1) is 13.4. The van der Waals surface area contributed by atoms with Gasteiger partial charge in [0.2, 0.25) is 10.0 Å². The smallest absolute Gasteiger partial charge is 0.269 e. The van der Waals surface area contributed by atoms with Crippen molar-refractivity contribution < 1.29 is 13.2 Å². The molecule has 1 heterocycles. The second-order valence-electron chi connectivity index (χ2n) is 7.56. The van der Waals surface area contributed by atoms with Gasteiger partial charge in [0.05, 0.1) is 4.90 Å². The number of hydrogen-bond acceptors (Lipinski definition) is 4. The summed E-state index contributed by atoms with van der Waals surface area (Å²) in [7, 11) is -3.56. The van der Waals surface area contributed by atoms with E-state index >= 15 is 0 Å². The zero-order chi connectivity index (χ0) is 20.1. The van der Waals surface area contributed by atoms with Crippen molar-refractivity contribution in [3.63, 3.8) is 0 Å². The molecule has 9 heteroatoms. The fourth-order valence-electron chi connectivity index (χ4n) is 3.80. The molecule has 3 rings (SSSR count). The summed E-state index contributed by atoms with van der Waals surface area (Å²) in [4.78, 5) is 12.6. The number of sulfonamides is 1. The molecule has 1 saturated heterocycles. The molecule has 1 aliphatic heterocycles. The number of nitrogens with zero attached hydrogens (tertiary/aromatic N) is 1. The van der Waals surface area contributed by atoms with Gasteiger partial charge in [0.25, 0.3) is 5.91 Å². The Morgan fingerprint density at radius 2 is 1.82 bits per heavy atom. The maximum absolute atomic E-state index is 12.7. The van der Waals surface area contributed by atoms with Gasteiger partial charge in [0.15, 0.2) is 5.11 Å². The highest BCUT2D eigenvalue weighted by Gasteiger charge is 2.27. The van der Waals surface area contributed by atoms with E-state index in [1.165, 1.54) is 35.7 Å². The quantitative estimate of drug-likeness (QED) is 0.507. The molecule has 1 aliphatic carbocycles. The summed E-state index contributed by atoms with van der Waals surface area (Å²) in [5, 5.41) is 3.62. The van der Waals surface area contributed by atoms with E-state index in [9.17, 15) is 13.2 Å². The standard InChI is InChI=1S/C19H28N4O3S2/c1-14-7-2-3-10-17(14)20-19(27)22-21-18(24)15-8-6-9-16(13-15)28(25,26)23-11-4-5-12-23/h6,8-9,13-14,17H,2-5,7,10-12H2,1H3,(H,21,24)(H2,20,22,27)/t14-,17+/m0/s1. The lowest BCUT2D eigenvalue weighted by Gasteiger charge is -2.30. The topological polar surface area (TPSA) is 90.5 Å². The molecule has 1 aromatic rings. The molecule has 1 aromatic carbocycles. The van der Waals surface area contributed by atoms with Gasteiger partial charge >= 0.3 is 0 Å². The molecule has 2 atom stereocenters. The lowest BCUT2D eigenvalue weighted by molar-refractivity contribution is 0.0943. The molecule has 7 nitrogen and oxygen atoms in total. The normalized spacial score (nSPS) is 23.2. The SMILES string of the molecule is C[C@H]1CCCC[C@H]1NC(=S)NNC(=O)c1cccc(S(=O)(=O)N2CCCC2)c1. The van der Waals surface area contributed by atoms with E-state index in [0.29, 0.717) is 30.2 Å². The first-order valence-electron chi connectivity index (χ1n) is 9.85. The number of amides is 1. The summed E-state index contributed by atoms with van der Waals surface area (Å²) >= 11 is 5.27. The third-order valence-electron chi connectivity index (χ3n) is 5.52. The van der Waals surface area contributed by atoms with Gasteiger partial charge in [-0.05, 0) is 62.0 Å². The van der Waals surface area contributed by atoms with Crippen LogP contribution in [0.2, 0.25) is 0 Å². The van der Waals surface area contributed by atoms with Crippen LogP contribution in [0, 0.1) is 5.92 Å². The van der Waals surface area contributed by atoms with Gasteiger partial charge in [-0.15, -0.1) is 0 Å². The van der Waals surface area contributed by atoms with E-state index in [1.54, 1.807) is 12.1 Å². The molecule has 0 unspecified atom stereocenters. The zero-order valence-electron chi connectivity index (χ0n) is 16.1. The molecular formula is C19H28N4O3S2. The van der Waals surface area contributed by atoms with E-state index in [0.717, 1.165) is 19.3 Å². The largest absolute Gasteiger partial charge is 0.358 e. The van der Waals surface area contributed by atoms with Crippen LogP contribution in [0.15, 0.2) is 29.2 Å². The molecule has 0 spiro atoms. The highest BCUT2D eigenvalue weighted by Crippen LogP contribution is 2.23. The molecule has 0 bridgehead atoms. The van der Waals surface area contributed by atoms with E-state index < -0.39 is 15.9 Å². The minimum absolute atomic E-state index is 0.138. The summed E-state index contributed by atoms with van der Waals surface area (Å²) in [5.74, 6) is 0.107. The number of hydrogen-bond donors (Lipinski definition) is 3. The lowest BCUT2D eigenvalue weighted by Crippen LogP contribution is -2.51. The predicted octanol–water partition coefficient (Wildman–Crippen LogP) is 2.16. The van der Waals surface area contributed by atoms with Crippen molar-refractivity contribution in [3.05, 3.63) is 29.8 Å². The minimum atomic E-state index is -3.56. The molecule has 2 fully saturated rings. The fraction of sp³-hybridized carbons (Fsp3) is 0.579. The van der Waals surface area contributed by atoms with Gasteiger partial charge in [-0.3, -0.25) is 15.6 Å². The van der Waals surface area contributed by atoms with Gasteiger partial charge in [-0.1, -0.05) is 25.8 Å². The van der Waals surface area contributed by atoms with Crippen molar-refractivity contribution in [1.82, 2.24) is 20.5 Å². The third kappa shape index (κ3) is 5.01. The highest BCUT2D eigenvalue weighted by molar-refractivity contribution is 7.89. The summed E-state index contributed by atoms with van der Waals surface area (Å²) in [6.45, 7) is 3.25. The first kappa shape index (κ1) is 21.0. The van der Waals surface area contributed by atoms with Crippen molar-refractivity contribution in [1.29, 1.82) is 0 Å². The molecular weight excluding hydrogens is 396 g/mol. The molecule has 2 aliphatic rings. The van der Waals surface area contributed by atoms with Crippen LogP contribution in [-0.4, -0.2) is 42.9 Å². The van der Waals surface area contributed by atoms with Crippen LogP contribution >= 0.6 is 12.2 Å². The number of carbonyl (C=O) groups is 1. The Hall–Kier alpha value is -1.71. The van der Waals surface area contributed by atoms with Crippen LogP contribution in [0.3, 0.4) is 0 Å². The number of thiocarbonyl (C=S) groups is 1. The van der Waals surface area contributed by atoms with E-state index in [4.69, 9.17) is 12.2 Å². The maximum Gasteiger partial charge on any atom is 0.269 e. The van der Waals surface area contributed by atoms with Crippen molar-refractivity contribution in [2.24, 2.45) is 5.92 Å². The summed E-state index contributed by atoms with van der Waals surface area (Å²) in [6.07, 6.45) is 6.39. The monoisotopic (exact) mass is 424 g/mol. The summed E-state index contributed by atoms with van der Waals surface area (Å²) in [5.41, 5.74) is 5.54. The van der Waals surface area contributed by atoms with Crippen LogP contribution < -0.4 is 16.2 Å². The first-order valence-corrected chi connectivity index (χ1v) is 11.7. The number of carbonyl (C=O) groups excluding carboxylic acids is 1. The minimum Gasteiger partial charge on any atom is -0.358 e. The third-order valence-corrected chi connectivity index (χ3v) is 7.63. The predicted molar refractivity (Wildman–Crippen MR) is 112 cm³/mol. The van der Waals surface area contributed by atoms with Crippen LogP contribution in [-0.2, 0) is 10.0 Å². The number of nitrogens with one attached hydrogen (secondary N) is 3. The van der Waals surface area contributed by atoms with Crippen molar-refractivity contribution in [2.75, 3.05) is 13.1 Å². The van der Waals surface area contributed by atoms with Crippen molar-refractivity contribution >= 4 is 33.3 Å². The van der Waals surface area contributed by atoms with Gasteiger partial charge in [0.1, 0.15) is 0 Å². The van der Waals surface area contributed by atoms with E-state index in [-0.39, 0.29) is 10.5 Å². The number of hydrazine groups is 1. The Labute approximate surface area is 172 Å². The van der Waals surface area contributed by atoms with Crippen molar-refractivity contribution in [2.45, 2.75) is 56.4 Å². The highest BCUT2D eigenvalue weighted by atomic mass is 32.2. The van der Waals surface area contributed by atoms with Gasteiger partial charge in [-0.2, -0.15) is 4.31 Å². The van der Waals surface area contributed by atoms with Crippen LogP contribution in [0.5, 0.6) is 0 Å². The van der Waals surface area contributed by atoms with Crippen LogP contribution in [0.1, 0.15) is 55.8 Å². The summed E-state index contributed by atoms with van der Waals surface area (Å²) < 4.78 is 26.8. The van der Waals surface area contributed by atoms with Crippen molar-refractivity contribution in [3.8, 4) is 0 Å². The van der Waals surface area contributed by atoms with Crippen LogP contribution in [0.25, 0.3) is 0 Å². The Balaban J connectivity index is 1.58. The fourth-order valence-corrected chi connectivity index (χ4v) is 5.56. The number of rotatable bonds is 4. The molecule has 1 amide bonds. The Morgan fingerprint density at radius 1 is 1.11 bits per heavy atom. The summed E-state index contributed by atoms with van der Waals surface area (Å²) in [6, 6.07) is 6.40. The molecule has 0 radical (unpaired) electrons. The molecule has 154 valence electrons. The maximum atomic E-state index is 12.7. The number of benzene rings is 1. The van der Waals surface area contributed by atoms with E-state index in [2.05, 4.69) is 23.1 Å². The van der Waals surface area contributed by atoms with E-state index in [1.807, 2.05) is 0 Å². The Morgan fingerprint density at radius 3 is 2.54 bits per heavy atom. The average Bonchev–Trinajstić information content (AvgIpc) is 3.24. The van der Waals surface area contributed by atoms with Gasteiger partial charge in [-0.25, -0.2) is 8.42 Å². The Bertz CT molecular complexity index is 822. The zero-order valence-corrected chi connectivity index (χ0v) is 17.7. The second kappa shape index (κ2) is 9.19. The van der Waals surface area contributed by atoms with Gasteiger partial charge in [0, 0.05) is 24.7 Å². The van der Waals surface area contributed by atoms with Crippen LogP contribution in [0.4, 0.5) is 0 Å². The molecule has 3 N–H and O–H groups in total. The second-order valence-corrected chi connectivity index (χ2v) is 9.91. The molecule has 1 saturated carbocycles. The Kier molecular flexibility index (Phi) is 6.90. The van der Waals surface area contributed by atoms with Gasteiger partial charge < -0.3 is 5.32 Å². The average molecular weight is 425 g/mol. The lowest BCUT2D eigenvalue weighted by atomic mass is 9.86.